The van der Waals surface area contributed by atoms with Gasteiger partial charge in [0.2, 0.25) is 0 Å². The van der Waals surface area contributed by atoms with Crippen molar-refractivity contribution in [1.29, 1.82) is 0 Å². The lowest BCUT2D eigenvalue weighted by atomic mass is 9.88. The van der Waals surface area contributed by atoms with E-state index in [0.29, 0.717) is 0 Å². The maximum atomic E-state index is 12.3. The third-order valence-electron chi connectivity index (χ3n) is 2.68. The van der Waals surface area contributed by atoms with Gasteiger partial charge in [-0.2, -0.15) is 13.2 Å². The van der Waals surface area contributed by atoms with Gasteiger partial charge in [0.05, 0.1) is 5.92 Å². The average Bonchev–Trinajstić information content (AvgIpc) is 2.01. The second-order valence-corrected chi connectivity index (χ2v) is 4.73. The molecule has 0 aliphatic carbocycles. The van der Waals surface area contributed by atoms with Crippen LogP contribution in [-0.4, -0.2) is 24.1 Å². The van der Waals surface area contributed by atoms with Crippen molar-refractivity contribution in [2.75, 3.05) is 6.54 Å². The summed E-state index contributed by atoms with van der Waals surface area (Å²) in [5, 5.41) is 2.45. The molecule has 3 atom stereocenters. The summed E-state index contributed by atoms with van der Waals surface area (Å²) in [5.74, 6) is -1.02. The molecule has 0 radical (unpaired) electrons. The molecule has 0 aromatic carbocycles. The molecule has 84 valence electrons. The molecule has 0 spiro atoms. The van der Waals surface area contributed by atoms with E-state index in [1.807, 2.05) is 13.8 Å². The van der Waals surface area contributed by atoms with Gasteiger partial charge in [0.15, 0.2) is 0 Å². The summed E-state index contributed by atoms with van der Waals surface area (Å²) in [6.07, 6.45) is -4.09. The lowest BCUT2D eigenvalue weighted by Gasteiger charge is -2.36. The Labute approximate surface area is 87.0 Å². The molecule has 5 heteroatoms. The minimum atomic E-state index is -4.12. The maximum Gasteiger partial charge on any atom is 0.393 e. The van der Waals surface area contributed by atoms with E-state index in [2.05, 4.69) is 5.32 Å². The third kappa shape index (κ3) is 2.76. The summed E-state index contributed by atoms with van der Waals surface area (Å²) in [5.41, 5.74) is 0. The highest BCUT2D eigenvalue weighted by molar-refractivity contribution is 6.21. The van der Waals surface area contributed by atoms with Crippen molar-refractivity contribution in [3.63, 3.8) is 0 Å². The molecule has 1 heterocycles. The summed E-state index contributed by atoms with van der Waals surface area (Å²) in [7, 11) is 0. The number of alkyl halides is 4. The Morgan fingerprint density at radius 1 is 1.36 bits per heavy atom. The van der Waals surface area contributed by atoms with Crippen LogP contribution in [0, 0.1) is 11.8 Å². The summed E-state index contributed by atoms with van der Waals surface area (Å²) in [6, 6.07) is -0.00438. The zero-order chi connectivity index (χ0) is 10.9. The summed E-state index contributed by atoms with van der Waals surface area (Å²) in [4.78, 5) is 0. The largest absolute Gasteiger partial charge is 0.393 e. The average molecular weight is 230 g/mol. The maximum absolute atomic E-state index is 12.3. The van der Waals surface area contributed by atoms with E-state index in [1.165, 1.54) is 0 Å². The van der Waals surface area contributed by atoms with Crippen molar-refractivity contribution < 1.29 is 13.2 Å². The first-order chi connectivity index (χ1) is 6.32. The van der Waals surface area contributed by atoms with Gasteiger partial charge in [-0.1, -0.05) is 13.8 Å². The summed E-state index contributed by atoms with van der Waals surface area (Å²) >= 11 is 5.92. The van der Waals surface area contributed by atoms with Crippen molar-refractivity contribution in [1.82, 2.24) is 5.32 Å². The minimum absolute atomic E-state index is 0.00438. The first kappa shape index (κ1) is 12.1. The zero-order valence-electron chi connectivity index (χ0n) is 8.24. The van der Waals surface area contributed by atoms with Crippen molar-refractivity contribution in [2.24, 2.45) is 11.8 Å². The van der Waals surface area contributed by atoms with Gasteiger partial charge in [-0.15, -0.1) is 11.6 Å². The second-order valence-electron chi connectivity index (χ2n) is 4.17. The van der Waals surface area contributed by atoms with Crippen LogP contribution in [0.5, 0.6) is 0 Å². The van der Waals surface area contributed by atoms with E-state index < -0.39 is 17.5 Å². The number of hydrogen-bond donors (Lipinski definition) is 1. The predicted molar refractivity (Wildman–Crippen MR) is 50.4 cm³/mol. The number of halogens is 4. The van der Waals surface area contributed by atoms with Crippen LogP contribution in [0.15, 0.2) is 0 Å². The Kier molecular flexibility index (Phi) is 3.69. The predicted octanol–water partition coefficient (Wildman–Crippen LogP) is 2.79. The molecular formula is C9H15ClF3N. The fourth-order valence-electron chi connectivity index (χ4n) is 1.81. The van der Waals surface area contributed by atoms with Gasteiger partial charge in [0, 0.05) is 18.0 Å². The zero-order valence-corrected chi connectivity index (χ0v) is 8.99. The molecule has 14 heavy (non-hydrogen) atoms. The molecule has 1 nitrogen and oxygen atoms in total. The summed E-state index contributed by atoms with van der Waals surface area (Å²) in [6.45, 7) is 3.91. The van der Waals surface area contributed by atoms with E-state index in [4.69, 9.17) is 11.6 Å². The van der Waals surface area contributed by atoms with Crippen molar-refractivity contribution in [3.8, 4) is 0 Å². The number of rotatable bonds is 1. The number of hydrogen-bond acceptors (Lipinski definition) is 1. The van der Waals surface area contributed by atoms with Crippen LogP contribution in [0.1, 0.15) is 20.3 Å². The second kappa shape index (κ2) is 4.27. The van der Waals surface area contributed by atoms with Gasteiger partial charge in [-0.3, -0.25) is 0 Å². The molecule has 1 N–H and O–H groups in total. The fraction of sp³-hybridized carbons (Fsp3) is 1.00. The Morgan fingerprint density at radius 2 is 1.93 bits per heavy atom. The third-order valence-corrected chi connectivity index (χ3v) is 3.13. The highest BCUT2D eigenvalue weighted by Gasteiger charge is 2.44. The molecule has 1 aliphatic rings. The normalized spacial score (nSPS) is 34.9. The van der Waals surface area contributed by atoms with E-state index in [0.717, 1.165) is 0 Å². The molecule has 3 unspecified atom stereocenters. The van der Waals surface area contributed by atoms with Crippen LogP contribution >= 0.6 is 11.6 Å². The molecular weight excluding hydrogens is 215 g/mol. The van der Waals surface area contributed by atoms with Crippen molar-refractivity contribution in [3.05, 3.63) is 0 Å². The van der Waals surface area contributed by atoms with Gasteiger partial charge < -0.3 is 5.32 Å². The topological polar surface area (TPSA) is 12.0 Å². The van der Waals surface area contributed by atoms with Crippen LogP contribution < -0.4 is 5.32 Å². The van der Waals surface area contributed by atoms with E-state index >= 15 is 0 Å². The lowest BCUT2D eigenvalue weighted by Crippen LogP contribution is -2.52. The quantitative estimate of drug-likeness (QED) is 0.682. The number of piperidine rings is 1. The molecule has 1 fully saturated rings. The van der Waals surface area contributed by atoms with Crippen LogP contribution in [-0.2, 0) is 0 Å². The van der Waals surface area contributed by atoms with E-state index in [1.54, 1.807) is 0 Å². The first-order valence-electron chi connectivity index (χ1n) is 4.76. The highest BCUT2D eigenvalue weighted by Crippen LogP contribution is 2.35. The van der Waals surface area contributed by atoms with Gasteiger partial charge in [0.1, 0.15) is 0 Å². The van der Waals surface area contributed by atoms with Gasteiger partial charge >= 0.3 is 6.18 Å². The minimum Gasteiger partial charge on any atom is -0.312 e. The van der Waals surface area contributed by atoms with Crippen molar-refractivity contribution >= 4 is 11.6 Å². The molecule has 0 aromatic rings. The fourth-order valence-corrected chi connectivity index (χ4v) is 2.41. The molecule has 0 aromatic heterocycles. The molecule has 0 amide bonds. The molecule has 0 bridgehead atoms. The lowest BCUT2D eigenvalue weighted by molar-refractivity contribution is -0.179. The van der Waals surface area contributed by atoms with Gasteiger partial charge in [-0.25, -0.2) is 0 Å². The molecule has 0 saturated carbocycles. The monoisotopic (exact) mass is 229 g/mol. The van der Waals surface area contributed by atoms with Crippen LogP contribution in [0.4, 0.5) is 13.2 Å². The van der Waals surface area contributed by atoms with E-state index in [-0.39, 0.29) is 24.9 Å². The van der Waals surface area contributed by atoms with E-state index in [9.17, 15) is 13.2 Å². The smallest absolute Gasteiger partial charge is 0.312 e. The summed E-state index contributed by atoms with van der Waals surface area (Å²) < 4.78 is 37.0. The Morgan fingerprint density at radius 3 is 2.29 bits per heavy atom. The van der Waals surface area contributed by atoms with Crippen LogP contribution in [0.3, 0.4) is 0 Å². The number of nitrogens with one attached hydrogen (secondary N) is 1. The molecule has 1 aliphatic heterocycles. The Bertz CT molecular complexity index is 193. The standard InChI is InChI=1S/C9H15ClF3N/c1-5(2)8-7(10)3-6(4-14-8)9(11,12)13/h5-8,14H,3-4H2,1-2H3. The Hall–Kier alpha value is 0.0400. The molecule has 1 rings (SSSR count). The van der Waals surface area contributed by atoms with Crippen LogP contribution in [0.25, 0.3) is 0 Å². The first-order valence-corrected chi connectivity index (χ1v) is 5.20. The van der Waals surface area contributed by atoms with Gasteiger partial charge in [-0.05, 0) is 12.3 Å². The van der Waals surface area contributed by atoms with Crippen LogP contribution in [0.2, 0.25) is 0 Å². The highest BCUT2D eigenvalue weighted by atomic mass is 35.5. The van der Waals surface area contributed by atoms with Gasteiger partial charge in [0.25, 0.3) is 0 Å². The Balaban J connectivity index is 2.55. The van der Waals surface area contributed by atoms with Crippen molar-refractivity contribution in [2.45, 2.75) is 37.9 Å². The molecule has 1 saturated heterocycles. The SMILES string of the molecule is CC(C)C1NCC(C(F)(F)F)CC1Cl.